The molecule has 0 heterocycles. The summed E-state index contributed by atoms with van der Waals surface area (Å²) in [5.41, 5.74) is 3.23. The van der Waals surface area contributed by atoms with Gasteiger partial charge in [-0.05, 0) is 59.9 Å². The Kier molecular flexibility index (Phi) is 9.28. The van der Waals surface area contributed by atoms with Gasteiger partial charge in [0.15, 0.2) is 0 Å². The summed E-state index contributed by atoms with van der Waals surface area (Å²) in [7, 11) is -2.14. The molecule has 12 radical (unpaired) electrons. The van der Waals surface area contributed by atoms with E-state index in [9.17, 15) is 0 Å². The molecule has 0 atom stereocenters. The SMILES string of the molecule is C[C]1[C](C)[C](C)[C](C)[C]1C.C[Si](C)(C)[C]1[CH][CH][C]([Si](C)(C)C)[CH]1.[Si+2]. The summed E-state index contributed by atoms with van der Waals surface area (Å²) in [5.74, 6) is 7.34. The molecule has 0 nitrogen and oxygen atoms in total. The van der Waals surface area contributed by atoms with Crippen molar-refractivity contribution in [2.24, 2.45) is 0 Å². The molecule has 3 heteroatoms. The lowest BCUT2D eigenvalue weighted by Gasteiger charge is -2.27. The van der Waals surface area contributed by atoms with E-state index in [-0.39, 0.29) is 11.0 Å². The molecule has 0 N–H and O–H groups in total. The lowest BCUT2D eigenvalue weighted by Crippen LogP contribution is -2.33. The second-order valence-electron chi connectivity index (χ2n) is 9.01. The second kappa shape index (κ2) is 9.03. The van der Waals surface area contributed by atoms with Crippen LogP contribution in [0, 0.1) is 59.9 Å². The van der Waals surface area contributed by atoms with E-state index in [1.165, 1.54) is 29.6 Å². The first-order valence-corrected chi connectivity index (χ1v) is 15.7. The zero-order valence-corrected chi connectivity index (χ0v) is 20.7. The maximum absolute atomic E-state index is 2.46. The average Bonchev–Trinajstić information content (AvgIpc) is 2.98. The van der Waals surface area contributed by atoms with Crippen LogP contribution in [0.3, 0.4) is 0 Å². The van der Waals surface area contributed by atoms with Crippen LogP contribution in [0.25, 0.3) is 0 Å². The monoisotopic (exact) mass is 372 g/mol. The minimum Gasteiger partial charge on any atom is -0.0691 e. The van der Waals surface area contributed by atoms with Gasteiger partial charge in [-0.1, -0.05) is 73.9 Å². The van der Waals surface area contributed by atoms with Gasteiger partial charge in [-0.2, -0.15) is 0 Å². The molecule has 24 heavy (non-hydrogen) atoms. The van der Waals surface area contributed by atoms with Crippen molar-refractivity contribution < 1.29 is 0 Å². The molecule has 2 aliphatic rings. The summed E-state index contributed by atoms with van der Waals surface area (Å²) in [4.78, 5) is 0. The maximum atomic E-state index is 2.46. The smallest absolute Gasteiger partial charge is 0.0691 e. The number of hydrogen-bond donors (Lipinski definition) is 0. The van der Waals surface area contributed by atoms with Gasteiger partial charge in [0.05, 0.1) is 16.1 Å². The summed E-state index contributed by atoms with van der Waals surface area (Å²) in [5, 5.41) is 0. The van der Waals surface area contributed by atoms with Crippen molar-refractivity contribution in [2.75, 3.05) is 0 Å². The Morgan fingerprint density at radius 3 is 0.833 bits per heavy atom. The highest BCUT2D eigenvalue weighted by atomic mass is 28.3. The van der Waals surface area contributed by atoms with Gasteiger partial charge in [-0.3, -0.25) is 0 Å². The fourth-order valence-electron chi connectivity index (χ4n) is 2.78. The zero-order chi connectivity index (χ0) is 18.2. The van der Waals surface area contributed by atoms with Gasteiger partial charge < -0.3 is 0 Å². The zero-order valence-electron chi connectivity index (χ0n) is 17.7. The summed E-state index contributed by atoms with van der Waals surface area (Å²) in [6, 6.07) is 0. The van der Waals surface area contributed by atoms with E-state index in [0.29, 0.717) is 0 Å². The van der Waals surface area contributed by atoms with Crippen LogP contribution in [0.1, 0.15) is 34.6 Å². The van der Waals surface area contributed by atoms with Crippen molar-refractivity contribution in [1.82, 2.24) is 0 Å². The molecule has 2 rings (SSSR count). The highest BCUT2D eigenvalue weighted by molar-refractivity contribution is 6.86. The van der Waals surface area contributed by atoms with E-state index in [0.717, 1.165) is 0 Å². The van der Waals surface area contributed by atoms with Crippen LogP contribution in [-0.4, -0.2) is 27.1 Å². The van der Waals surface area contributed by atoms with Crippen LogP contribution in [0.2, 0.25) is 39.3 Å². The van der Waals surface area contributed by atoms with Gasteiger partial charge in [0.25, 0.3) is 0 Å². The third-order valence-electron chi connectivity index (χ3n) is 5.30. The quantitative estimate of drug-likeness (QED) is 0.513. The molecule has 0 unspecified atom stereocenters. The summed E-state index contributed by atoms with van der Waals surface area (Å²) in [6.07, 6.45) is 7.15. The molecule has 0 saturated heterocycles. The summed E-state index contributed by atoms with van der Waals surface area (Å²) >= 11 is 0. The van der Waals surface area contributed by atoms with Gasteiger partial charge >= 0.3 is 11.0 Å². The molecule has 0 aliphatic heterocycles. The molecule has 0 aromatic rings. The molecular formula is C21H36Si3+2. The van der Waals surface area contributed by atoms with Crippen LogP contribution < -0.4 is 0 Å². The largest absolute Gasteiger partial charge is 2.00 e. The molecule has 0 aromatic carbocycles. The Morgan fingerprint density at radius 2 is 0.708 bits per heavy atom. The van der Waals surface area contributed by atoms with E-state index in [1.54, 1.807) is 11.1 Å². The normalized spacial score (nSPS) is 24.1. The first-order chi connectivity index (χ1) is 10.3. The summed E-state index contributed by atoms with van der Waals surface area (Å²) in [6.45, 7) is 25.5. The van der Waals surface area contributed by atoms with Gasteiger partial charge in [-0.15, -0.1) is 0 Å². The average molecular weight is 373 g/mol. The van der Waals surface area contributed by atoms with Crippen LogP contribution >= 0.6 is 0 Å². The molecular weight excluding hydrogens is 336 g/mol. The Bertz CT molecular complexity index is 301. The second-order valence-corrected chi connectivity index (χ2v) is 19.2. The minimum atomic E-state index is -1.07. The first kappa shape index (κ1) is 24.7. The molecule has 2 aliphatic carbocycles. The fraction of sp³-hybridized carbons (Fsp3) is 0.524. The molecule has 2 saturated carbocycles. The Morgan fingerprint density at radius 1 is 0.500 bits per heavy atom. The van der Waals surface area contributed by atoms with Crippen LogP contribution in [0.4, 0.5) is 0 Å². The van der Waals surface area contributed by atoms with Crippen molar-refractivity contribution in [3.63, 3.8) is 0 Å². The maximum Gasteiger partial charge on any atom is 2.00 e. The van der Waals surface area contributed by atoms with Crippen LogP contribution in [0.15, 0.2) is 0 Å². The van der Waals surface area contributed by atoms with Gasteiger partial charge in [0.2, 0.25) is 0 Å². The lowest BCUT2D eigenvalue weighted by molar-refractivity contribution is 0.973. The topological polar surface area (TPSA) is 0 Å². The molecule has 0 aromatic heterocycles. The van der Waals surface area contributed by atoms with Gasteiger partial charge in [0.1, 0.15) is 0 Å². The fourth-order valence-corrected chi connectivity index (χ4v) is 5.27. The minimum absolute atomic E-state index is 0. The molecule has 0 amide bonds. The van der Waals surface area contributed by atoms with Gasteiger partial charge in [0, 0.05) is 0 Å². The Labute approximate surface area is 161 Å². The highest BCUT2D eigenvalue weighted by Gasteiger charge is 2.41. The van der Waals surface area contributed by atoms with Gasteiger partial charge in [-0.25, -0.2) is 0 Å². The van der Waals surface area contributed by atoms with Crippen LogP contribution in [-0.2, 0) is 0 Å². The lowest BCUT2D eigenvalue weighted by atomic mass is 9.92. The number of rotatable bonds is 2. The summed E-state index contributed by atoms with van der Waals surface area (Å²) < 4.78 is 0. The highest BCUT2D eigenvalue weighted by Crippen LogP contribution is 2.51. The van der Waals surface area contributed by atoms with Crippen molar-refractivity contribution in [1.29, 1.82) is 0 Å². The molecule has 0 spiro atoms. The third kappa shape index (κ3) is 6.12. The molecule has 2 fully saturated rings. The predicted octanol–water partition coefficient (Wildman–Crippen LogP) is 6.11. The van der Waals surface area contributed by atoms with Crippen molar-refractivity contribution >= 4 is 27.1 Å². The van der Waals surface area contributed by atoms with E-state index in [2.05, 4.69) is 93.2 Å². The standard InChI is InChI=1S/C11H21Si2.C10H15.Si/c1-12(2,3)10-7-8-11(9-10)13(4,5)6;1-6-7(2)9(4)10(5)8(6)3;/h7-9H,1-6H3;1-5H3;/q;;+2. The number of hydrogen-bond acceptors (Lipinski definition) is 0. The van der Waals surface area contributed by atoms with E-state index >= 15 is 0 Å². The van der Waals surface area contributed by atoms with Crippen molar-refractivity contribution in [3.05, 3.63) is 59.9 Å². The van der Waals surface area contributed by atoms with Crippen LogP contribution in [0.5, 0.6) is 0 Å². The molecule has 130 valence electrons. The van der Waals surface area contributed by atoms with E-state index in [1.807, 2.05) is 0 Å². The third-order valence-corrected chi connectivity index (χ3v) is 9.38. The first-order valence-electron chi connectivity index (χ1n) is 8.74. The van der Waals surface area contributed by atoms with E-state index in [4.69, 9.17) is 0 Å². The predicted molar refractivity (Wildman–Crippen MR) is 116 cm³/mol. The van der Waals surface area contributed by atoms with Crippen molar-refractivity contribution in [3.8, 4) is 0 Å². The van der Waals surface area contributed by atoms with E-state index < -0.39 is 16.1 Å². The Balaban J connectivity index is 0.000000436. The van der Waals surface area contributed by atoms with Crippen molar-refractivity contribution in [2.45, 2.75) is 73.9 Å². The molecule has 0 bridgehead atoms. The Hall–Kier alpha value is 0.651.